The van der Waals surface area contributed by atoms with Gasteiger partial charge in [0.25, 0.3) is 0 Å². The number of pyridine rings is 1. The molecule has 1 unspecified atom stereocenters. The Morgan fingerprint density at radius 1 is 1.33 bits per heavy atom. The van der Waals surface area contributed by atoms with E-state index >= 15 is 0 Å². The zero-order valence-corrected chi connectivity index (χ0v) is 14.8. The van der Waals surface area contributed by atoms with Crippen molar-refractivity contribution in [2.75, 3.05) is 11.9 Å². The van der Waals surface area contributed by atoms with Gasteiger partial charge in [-0.2, -0.15) is 5.10 Å². The maximum Gasteiger partial charge on any atom is 0.322 e. The van der Waals surface area contributed by atoms with Crippen molar-refractivity contribution in [1.82, 2.24) is 19.7 Å². The molecule has 2 amide bonds. The van der Waals surface area contributed by atoms with Gasteiger partial charge < -0.3 is 10.2 Å². The third kappa shape index (κ3) is 2.44. The highest BCUT2D eigenvalue weighted by atomic mass is 16.2. The zero-order chi connectivity index (χ0) is 17.1. The lowest BCUT2D eigenvalue weighted by Crippen LogP contribution is -2.65. The lowest BCUT2D eigenvalue weighted by Gasteiger charge is -2.54. The fourth-order valence-corrected chi connectivity index (χ4v) is 4.02. The van der Waals surface area contributed by atoms with E-state index < -0.39 is 0 Å². The Morgan fingerprint density at radius 2 is 2.08 bits per heavy atom. The Bertz CT molecular complexity index is 790. The standard InChI is InChI=1S/C18H25N5O/c1-11(2)23-16-13(8-20-23)7-14(9-19-16)21-17(24)22-10-18(3,4)15(22)12-5-6-12/h7-9,11-12,15H,5-6,10H2,1-4H3,(H,21,24). The average molecular weight is 327 g/mol. The highest BCUT2D eigenvalue weighted by Gasteiger charge is 2.54. The number of urea groups is 1. The molecule has 0 spiro atoms. The number of rotatable bonds is 3. The Morgan fingerprint density at radius 3 is 2.71 bits per heavy atom. The Balaban J connectivity index is 1.51. The minimum absolute atomic E-state index is 0.0105. The molecular formula is C18H25N5O. The Labute approximate surface area is 142 Å². The number of nitrogens with zero attached hydrogens (tertiary/aromatic N) is 4. The first-order valence-corrected chi connectivity index (χ1v) is 8.78. The molecule has 24 heavy (non-hydrogen) atoms. The van der Waals surface area contributed by atoms with Gasteiger partial charge in [0, 0.05) is 29.4 Å². The largest absolute Gasteiger partial charge is 0.322 e. The van der Waals surface area contributed by atoms with Gasteiger partial charge >= 0.3 is 6.03 Å². The monoisotopic (exact) mass is 327 g/mol. The number of carbonyl (C=O) groups excluding carboxylic acids is 1. The fourth-order valence-electron chi connectivity index (χ4n) is 4.02. The molecule has 2 aromatic rings. The fraction of sp³-hybridized carbons (Fsp3) is 0.611. The molecule has 3 heterocycles. The number of hydrogen-bond acceptors (Lipinski definition) is 3. The van der Waals surface area contributed by atoms with E-state index in [1.165, 1.54) is 12.8 Å². The second-order valence-electron chi connectivity index (χ2n) is 8.15. The van der Waals surface area contributed by atoms with E-state index in [4.69, 9.17) is 0 Å². The van der Waals surface area contributed by atoms with E-state index in [1.807, 2.05) is 15.6 Å². The maximum atomic E-state index is 12.6. The van der Waals surface area contributed by atoms with Crippen LogP contribution in [0.2, 0.25) is 0 Å². The molecule has 2 aromatic heterocycles. The molecule has 6 heteroatoms. The molecule has 0 bridgehead atoms. The van der Waals surface area contributed by atoms with Crippen LogP contribution in [0.15, 0.2) is 18.5 Å². The highest BCUT2D eigenvalue weighted by Crippen LogP contribution is 2.50. The zero-order valence-electron chi connectivity index (χ0n) is 14.8. The van der Waals surface area contributed by atoms with Gasteiger partial charge in [-0.25, -0.2) is 14.5 Å². The van der Waals surface area contributed by atoms with Crippen molar-refractivity contribution in [1.29, 1.82) is 0 Å². The second kappa shape index (κ2) is 5.19. The van der Waals surface area contributed by atoms with Crippen molar-refractivity contribution in [2.45, 2.75) is 52.6 Å². The summed E-state index contributed by atoms with van der Waals surface area (Å²) in [5.41, 5.74) is 1.82. The summed E-state index contributed by atoms with van der Waals surface area (Å²) in [5, 5.41) is 8.33. The number of hydrogen-bond donors (Lipinski definition) is 1. The summed E-state index contributed by atoms with van der Waals surface area (Å²) in [4.78, 5) is 19.1. The number of likely N-dealkylation sites (tertiary alicyclic amines) is 1. The molecule has 6 nitrogen and oxygen atoms in total. The quantitative estimate of drug-likeness (QED) is 0.935. The molecule has 1 saturated heterocycles. The number of amides is 2. The van der Waals surface area contributed by atoms with Crippen LogP contribution in [0.4, 0.5) is 10.5 Å². The van der Waals surface area contributed by atoms with E-state index in [9.17, 15) is 4.79 Å². The van der Waals surface area contributed by atoms with Crippen LogP contribution in [0.1, 0.15) is 46.6 Å². The molecule has 4 rings (SSSR count). The van der Waals surface area contributed by atoms with E-state index in [2.05, 4.69) is 43.1 Å². The van der Waals surface area contributed by atoms with Crippen molar-refractivity contribution in [3.05, 3.63) is 18.5 Å². The van der Waals surface area contributed by atoms with Gasteiger partial charge in [-0.15, -0.1) is 0 Å². The SMILES string of the molecule is CC(C)n1ncc2cc(NC(=O)N3CC(C)(C)C3C3CC3)cnc21. The summed E-state index contributed by atoms with van der Waals surface area (Å²) in [6, 6.07) is 2.57. The molecule has 2 aliphatic rings. The summed E-state index contributed by atoms with van der Waals surface area (Å²) < 4.78 is 1.89. The molecule has 128 valence electrons. The molecule has 1 aliphatic heterocycles. The molecule has 1 saturated carbocycles. The van der Waals surface area contributed by atoms with Gasteiger partial charge in [-0.3, -0.25) is 0 Å². The molecule has 1 atom stereocenters. The van der Waals surface area contributed by atoms with Gasteiger partial charge in [0.2, 0.25) is 0 Å². The van der Waals surface area contributed by atoms with Crippen LogP contribution in [0.3, 0.4) is 0 Å². The topological polar surface area (TPSA) is 63.1 Å². The minimum Gasteiger partial charge on any atom is -0.320 e. The third-order valence-corrected chi connectivity index (χ3v) is 5.22. The van der Waals surface area contributed by atoms with Crippen molar-refractivity contribution in [3.8, 4) is 0 Å². The molecule has 1 N–H and O–H groups in total. The molecule has 2 fully saturated rings. The lowest BCUT2D eigenvalue weighted by atomic mass is 9.72. The van der Waals surface area contributed by atoms with Crippen LogP contribution in [0.25, 0.3) is 11.0 Å². The predicted octanol–water partition coefficient (Wildman–Crippen LogP) is 3.66. The minimum atomic E-state index is -0.0105. The van der Waals surface area contributed by atoms with Crippen LogP contribution >= 0.6 is 0 Å². The molecular weight excluding hydrogens is 302 g/mol. The number of carbonyl (C=O) groups is 1. The van der Waals surface area contributed by atoms with E-state index in [1.54, 1.807) is 12.4 Å². The normalized spacial score (nSPS) is 22.7. The van der Waals surface area contributed by atoms with Crippen molar-refractivity contribution < 1.29 is 4.79 Å². The smallest absolute Gasteiger partial charge is 0.320 e. The summed E-state index contributed by atoms with van der Waals surface area (Å²) in [5.74, 6) is 0.685. The van der Waals surface area contributed by atoms with Gasteiger partial charge in [0.05, 0.1) is 18.1 Å². The first kappa shape index (κ1) is 15.4. The number of nitrogens with one attached hydrogen (secondary N) is 1. The number of fused-ring (bicyclic) bond motifs is 1. The van der Waals surface area contributed by atoms with Crippen molar-refractivity contribution >= 4 is 22.8 Å². The average Bonchev–Trinajstić information content (AvgIpc) is 3.21. The van der Waals surface area contributed by atoms with Crippen molar-refractivity contribution in [3.63, 3.8) is 0 Å². The van der Waals surface area contributed by atoms with Crippen LogP contribution in [-0.4, -0.2) is 38.3 Å². The summed E-state index contributed by atoms with van der Waals surface area (Å²) in [6.07, 6.45) is 6.02. The molecule has 1 aliphatic carbocycles. The number of aromatic nitrogens is 3. The van der Waals surface area contributed by atoms with E-state index in [0.717, 1.165) is 23.3 Å². The first-order valence-electron chi connectivity index (χ1n) is 8.78. The summed E-state index contributed by atoms with van der Waals surface area (Å²) >= 11 is 0. The van der Waals surface area contributed by atoms with Crippen LogP contribution in [0.5, 0.6) is 0 Å². The molecule has 0 radical (unpaired) electrons. The van der Waals surface area contributed by atoms with E-state index in [-0.39, 0.29) is 17.5 Å². The Hall–Kier alpha value is -2.11. The van der Waals surface area contributed by atoms with E-state index in [0.29, 0.717) is 12.0 Å². The van der Waals surface area contributed by atoms with Crippen LogP contribution in [-0.2, 0) is 0 Å². The van der Waals surface area contributed by atoms with Gasteiger partial charge in [-0.05, 0) is 38.7 Å². The maximum absolute atomic E-state index is 12.6. The first-order chi connectivity index (χ1) is 11.4. The van der Waals surface area contributed by atoms with Gasteiger partial charge in [0.15, 0.2) is 5.65 Å². The molecule has 0 aromatic carbocycles. The number of anilines is 1. The predicted molar refractivity (Wildman–Crippen MR) is 93.9 cm³/mol. The van der Waals surface area contributed by atoms with Gasteiger partial charge in [0.1, 0.15) is 0 Å². The second-order valence-corrected chi connectivity index (χ2v) is 8.15. The third-order valence-electron chi connectivity index (χ3n) is 5.22. The summed E-state index contributed by atoms with van der Waals surface area (Å²) in [7, 11) is 0. The lowest BCUT2D eigenvalue weighted by molar-refractivity contribution is -0.0228. The Kier molecular flexibility index (Phi) is 3.34. The van der Waals surface area contributed by atoms with Gasteiger partial charge in [-0.1, -0.05) is 13.8 Å². The van der Waals surface area contributed by atoms with Crippen LogP contribution in [0, 0.1) is 11.3 Å². The summed E-state index contributed by atoms with van der Waals surface area (Å²) in [6.45, 7) is 9.49. The highest BCUT2D eigenvalue weighted by molar-refractivity contribution is 5.92. The van der Waals surface area contributed by atoms with Crippen molar-refractivity contribution in [2.24, 2.45) is 11.3 Å². The van der Waals surface area contributed by atoms with Crippen LogP contribution < -0.4 is 5.32 Å².